The van der Waals surface area contributed by atoms with Crippen LogP contribution in [-0.2, 0) is 4.79 Å². The highest BCUT2D eigenvalue weighted by Crippen LogP contribution is 2.30. The molecule has 2 amide bonds. The van der Waals surface area contributed by atoms with Crippen molar-refractivity contribution in [1.82, 2.24) is 15.8 Å². The van der Waals surface area contributed by atoms with Crippen LogP contribution in [0.15, 0.2) is 70.4 Å². The van der Waals surface area contributed by atoms with Gasteiger partial charge in [0.05, 0.1) is 10.9 Å². The minimum absolute atomic E-state index is 0.282. The maximum Gasteiger partial charge on any atom is 0.269 e. The highest BCUT2D eigenvalue weighted by atomic mass is 32.2. The normalized spacial score (nSPS) is 11.6. The van der Waals surface area contributed by atoms with E-state index in [9.17, 15) is 9.59 Å². The molecule has 132 valence electrons. The van der Waals surface area contributed by atoms with Crippen LogP contribution in [0.2, 0.25) is 0 Å². The number of amides is 2. The van der Waals surface area contributed by atoms with Gasteiger partial charge in [-0.1, -0.05) is 60.3 Å². The van der Waals surface area contributed by atoms with Crippen LogP contribution >= 0.6 is 23.1 Å². The summed E-state index contributed by atoms with van der Waals surface area (Å²) in [4.78, 5) is 28.7. The number of rotatable bonds is 5. The van der Waals surface area contributed by atoms with E-state index in [2.05, 4.69) is 15.8 Å². The maximum atomic E-state index is 12.2. The molecule has 0 unspecified atom stereocenters. The molecule has 5 nitrogen and oxygen atoms in total. The van der Waals surface area contributed by atoms with Crippen molar-refractivity contribution in [3.63, 3.8) is 0 Å². The van der Waals surface area contributed by atoms with Gasteiger partial charge in [0.2, 0.25) is 0 Å². The van der Waals surface area contributed by atoms with Gasteiger partial charge in [-0.05, 0) is 19.1 Å². The van der Waals surface area contributed by atoms with Crippen molar-refractivity contribution in [2.75, 3.05) is 0 Å². The molecule has 2 aromatic carbocycles. The van der Waals surface area contributed by atoms with Crippen LogP contribution in [0.25, 0.3) is 11.3 Å². The van der Waals surface area contributed by atoms with E-state index < -0.39 is 0 Å². The smallest absolute Gasteiger partial charge is 0.269 e. The minimum Gasteiger partial charge on any atom is -0.272 e. The summed E-state index contributed by atoms with van der Waals surface area (Å²) in [6.07, 6.45) is 0. The summed E-state index contributed by atoms with van der Waals surface area (Å²) in [5.74, 6) is -0.632. The zero-order valence-corrected chi connectivity index (χ0v) is 15.6. The number of carbonyl (C=O) groups is 2. The standard InChI is InChI=1S/C19H17N3O2S2/c1-13(17(23)21-22-18(24)15-10-6-3-7-11-15)26-19-20-16(12-25-19)14-8-4-2-5-9-14/h2-13H,1H3,(H,21,23)(H,22,24)/t13-/m1/s1. The summed E-state index contributed by atoms with van der Waals surface area (Å²) in [6.45, 7) is 1.78. The molecule has 1 aromatic heterocycles. The molecule has 0 radical (unpaired) electrons. The number of nitrogens with one attached hydrogen (secondary N) is 2. The predicted octanol–water partition coefficient (Wildman–Crippen LogP) is 3.75. The van der Waals surface area contributed by atoms with Crippen molar-refractivity contribution in [3.8, 4) is 11.3 Å². The molecule has 3 rings (SSSR count). The fourth-order valence-corrected chi connectivity index (χ4v) is 4.11. The molecule has 1 atom stereocenters. The van der Waals surface area contributed by atoms with E-state index in [1.165, 1.54) is 23.1 Å². The molecular weight excluding hydrogens is 366 g/mol. The summed E-state index contributed by atoms with van der Waals surface area (Å²) < 4.78 is 0.806. The van der Waals surface area contributed by atoms with Crippen LogP contribution in [0.1, 0.15) is 17.3 Å². The van der Waals surface area contributed by atoms with Gasteiger partial charge in [-0.25, -0.2) is 4.98 Å². The third-order valence-electron chi connectivity index (χ3n) is 3.53. The number of hydrogen-bond acceptors (Lipinski definition) is 5. The van der Waals surface area contributed by atoms with Gasteiger partial charge in [-0.2, -0.15) is 0 Å². The summed E-state index contributed by atoms with van der Waals surface area (Å²) in [5.41, 5.74) is 7.31. The summed E-state index contributed by atoms with van der Waals surface area (Å²) in [7, 11) is 0. The number of thioether (sulfide) groups is 1. The van der Waals surface area contributed by atoms with Gasteiger partial charge < -0.3 is 0 Å². The molecule has 7 heteroatoms. The number of thiazole rings is 1. The molecule has 0 spiro atoms. The molecule has 1 heterocycles. The van der Waals surface area contributed by atoms with Gasteiger partial charge >= 0.3 is 0 Å². The van der Waals surface area contributed by atoms with Crippen molar-refractivity contribution in [3.05, 3.63) is 71.6 Å². The van der Waals surface area contributed by atoms with Gasteiger partial charge in [0, 0.05) is 16.5 Å². The Labute approximate surface area is 159 Å². The van der Waals surface area contributed by atoms with Crippen molar-refractivity contribution in [1.29, 1.82) is 0 Å². The number of hydrazine groups is 1. The summed E-state index contributed by atoms with van der Waals surface area (Å²) >= 11 is 2.85. The van der Waals surface area contributed by atoms with E-state index in [0.717, 1.165) is 15.6 Å². The van der Waals surface area contributed by atoms with Gasteiger partial charge in [-0.3, -0.25) is 20.4 Å². The van der Waals surface area contributed by atoms with Crippen molar-refractivity contribution in [2.45, 2.75) is 16.5 Å². The largest absolute Gasteiger partial charge is 0.272 e. The molecule has 0 aliphatic heterocycles. The summed E-state index contributed by atoms with van der Waals surface area (Å²) in [6, 6.07) is 18.6. The van der Waals surface area contributed by atoms with Gasteiger partial charge in [0.25, 0.3) is 11.8 Å². The van der Waals surface area contributed by atoms with E-state index in [1.54, 1.807) is 31.2 Å². The molecule has 0 fully saturated rings. The molecule has 0 saturated carbocycles. The molecule has 0 bridgehead atoms. The Bertz CT molecular complexity index is 882. The van der Waals surface area contributed by atoms with Gasteiger partial charge in [-0.15, -0.1) is 11.3 Å². The lowest BCUT2D eigenvalue weighted by Crippen LogP contribution is -2.44. The number of aromatic nitrogens is 1. The first-order valence-corrected chi connectivity index (χ1v) is 9.72. The lowest BCUT2D eigenvalue weighted by Gasteiger charge is -2.11. The Morgan fingerprint density at radius 1 is 1.00 bits per heavy atom. The monoisotopic (exact) mass is 383 g/mol. The third-order valence-corrected chi connectivity index (χ3v) is 5.61. The second-order valence-corrected chi connectivity index (χ2v) is 7.88. The number of hydrogen-bond donors (Lipinski definition) is 2. The average molecular weight is 383 g/mol. The zero-order valence-electron chi connectivity index (χ0n) is 14.0. The van der Waals surface area contributed by atoms with Crippen molar-refractivity contribution < 1.29 is 9.59 Å². The SMILES string of the molecule is C[C@@H](Sc1nc(-c2ccccc2)cs1)C(=O)NNC(=O)c1ccccc1. The molecule has 26 heavy (non-hydrogen) atoms. The van der Waals surface area contributed by atoms with E-state index in [-0.39, 0.29) is 17.1 Å². The van der Waals surface area contributed by atoms with Crippen LogP contribution < -0.4 is 10.9 Å². The quantitative estimate of drug-likeness (QED) is 0.520. The Balaban J connectivity index is 1.53. The first kappa shape index (κ1) is 18.2. The zero-order chi connectivity index (χ0) is 18.4. The number of benzene rings is 2. The topological polar surface area (TPSA) is 71.1 Å². The number of carbonyl (C=O) groups excluding carboxylic acids is 2. The second kappa shape index (κ2) is 8.64. The van der Waals surface area contributed by atoms with Crippen LogP contribution in [0, 0.1) is 0 Å². The Morgan fingerprint density at radius 2 is 1.65 bits per heavy atom. The van der Waals surface area contributed by atoms with Gasteiger partial charge in [0.15, 0.2) is 4.34 Å². The van der Waals surface area contributed by atoms with Crippen LogP contribution in [-0.4, -0.2) is 22.0 Å². The van der Waals surface area contributed by atoms with Crippen LogP contribution in [0.4, 0.5) is 0 Å². The van der Waals surface area contributed by atoms with Crippen LogP contribution in [0.5, 0.6) is 0 Å². The van der Waals surface area contributed by atoms with E-state index in [0.29, 0.717) is 5.56 Å². The molecule has 2 N–H and O–H groups in total. The lowest BCUT2D eigenvalue weighted by molar-refractivity contribution is -0.121. The molecular formula is C19H17N3O2S2. The maximum absolute atomic E-state index is 12.2. The van der Waals surface area contributed by atoms with E-state index in [1.807, 2.05) is 41.8 Å². The molecule has 3 aromatic rings. The Morgan fingerprint density at radius 3 is 2.35 bits per heavy atom. The predicted molar refractivity (Wildman–Crippen MR) is 105 cm³/mol. The van der Waals surface area contributed by atoms with Crippen molar-refractivity contribution >= 4 is 34.9 Å². The van der Waals surface area contributed by atoms with Crippen LogP contribution in [0.3, 0.4) is 0 Å². The van der Waals surface area contributed by atoms with Crippen molar-refractivity contribution in [2.24, 2.45) is 0 Å². The molecule has 0 aliphatic rings. The highest BCUT2D eigenvalue weighted by Gasteiger charge is 2.17. The average Bonchev–Trinajstić information content (AvgIpc) is 3.15. The minimum atomic E-state index is -0.388. The molecule has 0 saturated heterocycles. The fourth-order valence-electron chi connectivity index (χ4n) is 2.14. The van der Waals surface area contributed by atoms with Gasteiger partial charge in [0.1, 0.15) is 0 Å². The Kier molecular flexibility index (Phi) is 6.04. The Hall–Kier alpha value is -2.64. The molecule has 0 aliphatic carbocycles. The second-order valence-electron chi connectivity index (χ2n) is 5.43. The lowest BCUT2D eigenvalue weighted by atomic mass is 10.2. The first-order chi connectivity index (χ1) is 12.6. The summed E-state index contributed by atoms with van der Waals surface area (Å²) in [5, 5.41) is 1.58. The fraction of sp³-hybridized carbons (Fsp3) is 0.105. The third kappa shape index (κ3) is 4.71. The highest BCUT2D eigenvalue weighted by molar-refractivity contribution is 8.02. The number of nitrogens with zero attached hydrogens (tertiary/aromatic N) is 1. The van der Waals surface area contributed by atoms with E-state index >= 15 is 0 Å². The first-order valence-electron chi connectivity index (χ1n) is 7.96. The van der Waals surface area contributed by atoms with E-state index in [4.69, 9.17) is 0 Å².